The van der Waals surface area contributed by atoms with Crippen LogP contribution >= 0.6 is 0 Å². The quantitative estimate of drug-likeness (QED) is 0.326. The van der Waals surface area contributed by atoms with E-state index >= 15 is 0 Å². The van der Waals surface area contributed by atoms with Gasteiger partial charge in [-0.1, -0.05) is 0 Å². The van der Waals surface area contributed by atoms with Crippen LogP contribution in [0.1, 0.15) is 16.1 Å². The fourth-order valence-corrected chi connectivity index (χ4v) is 3.39. The van der Waals surface area contributed by atoms with Crippen LogP contribution in [0.25, 0.3) is 33.3 Å². The third kappa shape index (κ3) is 3.31. The lowest BCUT2D eigenvalue weighted by atomic mass is 10.1. The molecule has 0 aliphatic heterocycles. The first-order chi connectivity index (χ1) is 15.0. The summed E-state index contributed by atoms with van der Waals surface area (Å²) >= 11 is 0. The van der Waals surface area contributed by atoms with Crippen molar-refractivity contribution >= 4 is 39.4 Å². The predicted octanol–water partition coefficient (Wildman–Crippen LogP) is 2.87. The standard InChI is InChI=1S/C20H18N8O3/c1-28(2)20-23-18(31-27-20)10-5-11(14-9-22-24-16(14)6-10)8-21-12-3-4-15-13(7-12)17(19(29)30)26-25-15/h3-7,9,21H,8H2,1-2H3,(H,22,24)(H,25,26)(H,29,30). The van der Waals surface area contributed by atoms with Crippen molar-refractivity contribution in [2.24, 2.45) is 0 Å². The van der Waals surface area contributed by atoms with Gasteiger partial charge in [-0.3, -0.25) is 10.2 Å². The number of aromatic amines is 2. The van der Waals surface area contributed by atoms with Crippen molar-refractivity contribution < 1.29 is 14.4 Å². The Hall–Kier alpha value is -4.41. The van der Waals surface area contributed by atoms with Crippen molar-refractivity contribution in [3.63, 3.8) is 0 Å². The molecule has 5 rings (SSSR count). The summed E-state index contributed by atoms with van der Waals surface area (Å²) in [6.45, 7) is 0.476. The molecule has 31 heavy (non-hydrogen) atoms. The Labute approximate surface area is 175 Å². The van der Waals surface area contributed by atoms with Crippen LogP contribution < -0.4 is 10.2 Å². The summed E-state index contributed by atoms with van der Waals surface area (Å²) in [6, 6.07) is 9.30. The van der Waals surface area contributed by atoms with Gasteiger partial charge in [0.15, 0.2) is 5.69 Å². The zero-order valence-corrected chi connectivity index (χ0v) is 16.7. The molecule has 3 aromatic heterocycles. The molecule has 156 valence electrons. The number of hydrogen-bond acceptors (Lipinski definition) is 8. The number of carboxylic acids is 1. The van der Waals surface area contributed by atoms with Gasteiger partial charge in [0.05, 0.1) is 17.2 Å². The van der Waals surface area contributed by atoms with Gasteiger partial charge in [0, 0.05) is 42.7 Å². The molecular formula is C20H18N8O3. The highest BCUT2D eigenvalue weighted by molar-refractivity contribution is 6.02. The molecule has 0 saturated carbocycles. The van der Waals surface area contributed by atoms with Crippen LogP contribution in [0.3, 0.4) is 0 Å². The normalized spacial score (nSPS) is 11.3. The number of benzene rings is 2. The van der Waals surface area contributed by atoms with Gasteiger partial charge in [0.2, 0.25) is 0 Å². The Kier molecular flexibility index (Phi) is 4.28. The number of carbonyl (C=O) groups is 1. The van der Waals surface area contributed by atoms with E-state index in [0.29, 0.717) is 29.3 Å². The maximum absolute atomic E-state index is 11.4. The highest BCUT2D eigenvalue weighted by Gasteiger charge is 2.15. The van der Waals surface area contributed by atoms with Crippen molar-refractivity contribution in [3.05, 3.63) is 47.8 Å². The molecule has 2 aromatic carbocycles. The minimum Gasteiger partial charge on any atom is -0.476 e. The number of aromatic nitrogens is 6. The summed E-state index contributed by atoms with van der Waals surface area (Å²) in [5.41, 5.74) is 4.01. The molecule has 4 N–H and O–H groups in total. The van der Waals surface area contributed by atoms with E-state index in [-0.39, 0.29) is 5.69 Å². The van der Waals surface area contributed by atoms with Gasteiger partial charge in [-0.05, 0) is 41.1 Å². The maximum Gasteiger partial charge on any atom is 0.357 e. The predicted molar refractivity (Wildman–Crippen MR) is 114 cm³/mol. The fraction of sp³-hybridized carbons (Fsp3) is 0.150. The van der Waals surface area contributed by atoms with Crippen molar-refractivity contribution in [2.45, 2.75) is 6.54 Å². The van der Waals surface area contributed by atoms with Gasteiger partial charge < -0.3 is 19.8 Å². The van der Waals surface area contributed by atoms with E-state index in [2.05, 4.69) is 35.9 Å². The average Bonchev–Trinajstić information content (AvgIpc) is 3.50. The van der Waals surface area contributed by atoms with E-state index in [4.69, 9.17) is 4.52 Å². The van der Waals surface area contributed by atoms with Crippen molar-refractivity contribution in [2.75, 3.05) is 24.3 Å². The van der Waals surface area contributed by atoms with Crippen molar-refractivity contribution in [1.82, 2.24) is 30.5 Å². The number of H-pyrrole nitrogens is 2. The molecule has 0 bridgehead atoms. The number of carboxylic acid groups (broad SMARTS) is 1. The number of nitrogens with one attached hydrogen (secondary N) is 3. The van der Waals surface area contributed by atoms with E-state index in [0.717, 1.165) is 27.7 Å². The average molecular weight is 418 g/mol. The Morgan fingerprint density at radius 2 is 2.03 bits per heavy atom. The second-order valence-corrected chi connectivity index (χ2v) is 7.25. The van der Waals surface area contributed by atoms with E-state index in [1.807, 2.05) is 32.3 Å². The molecule has 5 aromatic rings. The lowest BCUT2D eigenvalue weighted by Gasteiger charge is -2.09. The number of anilines is 2. The van der Waals surface area contributed by atoms with Crippen LogP contribution in [0.15, 0.2) is 41.1 Å². The van der Waals surface area contributed by atoms with Crippen LogP contribution in [0, 0.1) is 0 Å². The first-order valence-corrected chi connectivity index (χ1v) is 9.42. The lowest BCUT2D eigenvalue weighted by molar-refractivity contribution is 0.0692. The van der Waals surface area contributed by atoms with Gasteiger partial charge in [-0.25, -0.2) is 4.79 Å². The Morgan fingerprint density at radius 1 is 1.16 bits per heavy atom. The van der Waals surface area contributed by atoms with Crippen LogP contribution in [-0.4, -0.2) is 55.7 Å². The molecule has 0 radical (unpaired) electrons. The number of nitrogens with zero attached hydrogens (tertiary/aromatic N) is 5. The number of fused-ring (bicyclic) bond motifs is 2. The molecule has 11 nitrogen and oxygen atoms in total. The Morgan fingerprint density at radius 3 is 2.81 bits per heavy atom. The van der Waals surface area contributed by atoms with Crippen molar-refractivity contribution in [1.29, 1.82) is 0 Å². The monoisotopic (exact) mass is 418 g/mol. The maximum atomic E-state index is 11.4. The molecule has 11 heteroatoms. The van der Waals surface area contributed by atoms with Gasteiger partial charge in [-0.15, -0.1) is 0 Å². The lowest BCUT2D eigenvalue weighted by Crippen LogP contribution is -2.10. The molecular weight excluding hydrogens is 400 g/mol. The summed E-state index contributed by atoms with van der Waals surface area (Å²) in [6.07, 6.45) is 1.76. The zero-order valence-electron chi connectivity index (χ0n) is 16.7. The van der Waals surface area contributed by atoms with Gasteiger partial charge >= 0.3 is 5.97 Å². The molecule has 0 unspecified atom stereocenters. The fourth-order valence-electron chi connectivity index (χ4n) is 3.39. The molecule has 0 atom stereocenters. The van der Waals surface area contributed by atoms with Gasteiger partial charge in [-0.2, -0.15) is 15.2 Å². The summed E-state index contributed by atoms with van der Waals surface area (Å²) < 4.78 is 5.41. The second kappa shape index (κ2) is 7.13. The molecule has 0 aliphatic carbocycles. The molecule has 3 heterocycles. The highest BCUT2D eigenvalue weighted by Crippen LogP contribution is 2.28. The van der Waals surface area contributed by atoms with Gasteiger partial charge in [0.25, 0.3) is 11.8 Å². The van der Waals surface area contributed by atoms with Crippen LogP contribution in [0.4, 0.5) is 11.6 Å². The summed E-state index contributed by atoms with van der Waals surface area (Å²) in [7, 11) is 3.68. The molecule has 0 amide bonds. The van der Waals surface area contributed by atoms with Crippen LogP contribution in [0.5, 0.6) is 0 Å². The van der Waals surface area contributed by atoms with E-state index < -0.39 is 5.97 Å². The van der Waals surface area contributed by atoms with Crippen LogP contribution in [-0.2, 0) is 6.54 Å². The minimum absolute atomic E-state index is 0.00837. The highest BCUT2D eigenvalue weighted by atomic mass is 16.5. The minimum atomic E-state index is -1.08. The summed E-state index contributed by atoms with van der Waals surface area (Å²) in [5, 5.41) is 31.8. The first-order valence-electron chi connectivity index (χ1n) is 9.42. The summed E-state index contributed by atoms with van der Waals surface area (Å²) in [4.78, 5) is 17.5. The molecule has 0 spiro atoms. The van der Waals surface area contributed by atoms with Gasteiger partial charge in [0.1, 0.15) is 0 Å². The zero-order chi connectivity index (χ0) is 21.5. The number of aromatic carboxylic acids is 1. The van der Waals surface area contributed by atoms with Crippen molar-refractivity contribution in [3.8, 4) is 11.5 Å². The largest absolute Gasteiger partial charge is 0.476 e. The Bertz CT molecular complexity index is 1410. The van der Waals surface area contributed by atoms with E-state index in [9.17, 15) is 9.90 Å². The van der Waals surface area contributed by atoms with Crippen LogP contribution in [0.2, 0.25) is 0 Å². The molecule has 0 saturated heterocycles. The van der Waals surface area contributed by atoms with E-state index in [1.165, 1.54) is 0 Å². The SMILES string of the molecule is CN(C)c1noc(-c2cc(CNc3ccc4[nH]nc(C(=O)O)c4c3)c3cn[nH]c3c2)n1. The third-order valence-corrected chi connectivity index (χ3v) is 4.95. The summed E-state index contributed by atoms with van der Waals surface area (Å²) in [5.74, 6) is -0.178. The molecule has 0 fully saturated rings. The molecule has 0 aliphatic rings. The first kappa shape index (κ1) is 18.6. The van der Waals surface area contributed by atoms with E-state index in [1.54, 1.807) is 23.2 Å². The number of rotatable bonds is 6. The second-order valence-electron chi connectivity index (χ2n) is 7.25. The number of hydrogen-bond donors (Lipinski definition) is 4. The third-order valence-electron chi connectivity index (χ3n) is 4.95. The topological polar surface area (TPSA) is 149 Å². The smallest absolute Gasteiger partial charge is 0.357 e. The Balaban J connectivity index is 1.47.